The molecule has 0 aromatic carbocycles. The van der Waals surface area contributed by atoms with Crippen molar-refractivity contribution in [3.05, 3.63) is 18.5 Å². The highest BCUT2D eigenvalue weighted by atomic mass is 32.2. The third-order valence-corrected chi connectivity index (χ3v) is 4.09. The second-order valence-corrected chi connectivity index (χ2v) is 6.86. The summed E-state index contributed by atoms with van der Waals surface area (Å²) in [4.78, 5) is 14.0. The molecule has 0 spiro atoms. The fourth-order valence-electron chi connectivity index (χ4n) is 2.47. The molecule has 20 heavy (non-hydrogen) atoms. The maximum absolute atomic E-state index is 12.1. The predicted molar refractivity (Wildman–Crippen MR) is 74.4 cm³/mol. The summed E-state index contributed by atoms with van der Waals surface area (Å²) in [6.45, 7) is 1.59. The van der Waals surface area contributed by atoms with E-state index < -0.39 is 10.0 Å². The number of sulfonamides is 1. The van der Waals surface area contributed by atoms with Gasteiger partial charge in [-0.2, -0.15) is 5.10 Å². The topological polar surface area (TPSA) is 84.3 Å². The highest BCUT2D eigenvalue weighted by molar-refractivity contribution is 7.88. The van der Waals surface area contributed by atoms with Gasteiger partial charge in [0.25, 0.3) is 0 Å². The lowest BCUT2D eigenvalue weighted by atomic mass is 10.2. The maximum atomic E-state index is 12.1. The van der Waals surface area contributed by atoms with E-state index in [4.69, 9.17) is 0 Å². The van der Waals surface area contributed by atoms with Gasteiger partial charge < -0.3 is 4.90 Å². The Morgan fingerprint density at radius 2 is 2.30 bits per heavy atom. The number of hydrogen-bond donors (Lipinski definition) is 1. The first-order valence-corrected chi connectivity index (χ1v) is 8.56. The Kier molecular flexibility index (Phi) is 4.77. The van der Waals surface area contributed by atoms with E-state index in [-0.39, 0.29) is 24.9 Å². The lowest BCUT2D eigenvalue weighted by Gasteiger charge is -2.24. The second kappa shape index (κ2) is 6.36. The summed E-state index contributed by atoms with van der Waals surface area (Å²) in [5.74, 6) is -0.00388. The van der Waals surface area contributed by atoms with Crippen LogP contribution < -0.4 is 4.72 Å². The zero-order valence-electron chi connectivity index (χ0n) is 11.5. The normalized spacial score (nSPS) is 19.4. The van der Waals surface area contributed by atoms with Crippen LogP contribution in [0.3, 0.4) is 0 Å². The number of carbonyl (C=O) groups excluding carboxylic acids is 1. The molecule has 2 heterocycles. The van der Waals surface area contributed by atoms with Crippen molar-refractivity contribution in [2.45, 2.75) is 31.8 Å². The Morgan fingerprint density at radius 1 is 1.50 bits per heavy atom. The molecule has 1 aromatic heterocycles. The molecule has 0 unspecified atom stereocenters. The number of aromatic nitrogens is 2. The second-order valence-electron chi connectivity index (χ2n) is 5.03. The lowest BCUT2D eigenvalue weighted by Crippen LogP contribution is -2.39. The number of amides is 1. The van der Waals surface area contributed by atoms with Crippen molar-refractivity contribution in [1.82, 2.24) is 19.4 Å². The highest BCUT2D eigenvalue weighted by Crippen LogP contribution is 2.19. The molecule has 1 aliphatic rings. The summed E-state index contributed by atoms with van der Waals surface area (Å²) >= 11 is 0. The molecule has 2 rings (SSSR count). The summed E-state index contributed by atoms with van der Waals surface area (Å²) in [6, 6.07) is 2.01. The molecule has 1 fully saturated rings. The quantitative estimate of drug-likeness (QED) is 0.789. The van der Waals surface area contributed by atoms with Gasteiger partial charge in [0.2, 0.25) is 15.9 Å². The first kappa shape index (κ1) is 15.0. The van der Waals surface area contributed by atoms with Crippen molar-refractivity contribution < 1.29 is 13.2 Å². The van der Waals surface area contributed by atoms with E-state index in [0.717, 1.165) is 25.6 Å². The predicted octanol–water partition coefficient (Wildman–Crippen LogP) is -0.187. The van der Waals surface area contributed by atoms with E-state index in [0.29, 0.717) is 6.54 Å². The molecular weight excluding hydrogens is 280 g/mol. The first-order valence-electron chi connectivity index (χ1n) is 6.67. The molecule has 1 N–H and O–H groups in total. The molecule has 1 amide bonds. The van der Waals surface area contributed by atoms with E-state index in [1.807, 2.05) is 21.8 Å². The van der Waals surface area contributed by atoms with Crippen molar-refractivity contribution in [3.63, 3.8) is 0 Å². The van der Waals surface area contributed by atoms with Crippen molar-refractivity contribution >= 4 is 15.9 Å². The van der Waals surface area contributed by atoms with Crippen LogP contribution >= 0.6 is 0 Å². The van der Waals surface area contributed by atoms with Crippen LogP contribution in [0.4, 0.5) is 0 Å². The van der Waals surface area contributed by atoms with E-state index in [1.54, 1.807) is 6.20 Å². The summed E-state index contributed by atoms with van der Waals surface area (Å²) in [5, 5.41) is 4.15. The monoisotopic (exact) mass is 300 g/mol. The minimum atomic E-state index is -3.23. The average Bonchev–Trinajstić information content (AvgIpc) is 2.99. The van der Waals surface area contributed by atoms with Crippen molar-refractivity contribution in [2.24, 2.45) is 0 Å². The van der Waals surface area contributed by atoms with Crippen molar-refractivity contribution in [2.75, 3.05) is 19.3 Å². The summed E-state index contributed by atoms with van der Waals surface area (Å²) < 4.78 is 26.1. The number of carbonyl (C=O) groups is 1. The van der Waals surface area contributed by atoms with Crippen LogP contribution in [0.2, 0.25) is 0 Å². The molecule has 0 bridgehead atoms. The van der Waals surface area contributed by atoms with Gasteiger partial charge in [-0.3, -0.25) is 9.48 Å². The molecule has 8 heteroatoms. The fourth-order valence-corrected chi connectivity index (χ4v) is 2.94. The minimum Gasteiger partial charge on any atom is -0.338 e. The van der Waals surface area contributed by atoms with Gasteiger partial charge in [0.1, 0.15) is 0 Å². The van der Waals surface area contributed by atoms with Crippen LogP contribution in [0.5, 0.6) is 0 Å². The largest absolute Gasteiger partial charge is 0.338 e. The van der Waals surface area contributed by atoms with Gasteiger partial charge in [0, 0.05) is 31.9 Å². The van der Waals surface area contributed by atoms with Crippen LogP contribution in [-0.4, -0.2) is 54.4 Å². The zero-order chi connectivity index (χ0) is 14.6. The Morgan fingerprint density at radius 3 is 2.95 bits per heavy atom. The Balaban J connectivity index is 1.85. The van der Waals surface area contributed by atoms with Gasteiger partial charge in [-0.05, 0) is 18.9 Å². The zero-order valence-corrected chi connectivity index (χ0v) is 12.3. The Hall–Kier alpha value is -1.41. The SMILES string of the molecule is CS(=O)(=O)NCCC(=O)N1CCC[C@H]1Cn1cccn1. The third kappa shape index (κ3) is 4.31. The van der Waals surface area contributed by atoms with Gasteiger partial charge in [-0.25, -0.2) is 13.1 Å². The lowest BCUT2D eigenvalue weighted by molar-refractivity contribution is -0.132. The van der Waals surface area contributed by atoms with Crippen molar-refractivity contribution in [1.29, 1.82) is 0 Å². The van der Waals surface area contributed by atoms with Crippen LogP contribution in [0.1, 0.15) is 19.3 Å². The van der Waals surface area contributed by atoms with E-state index in [2.05, 4.69) is 9.82 Å². The molecular formula is C12H20N4O3S. The van der Waals surface area contributed by atoms with Gasteiger partial charge in [0.15, 0.2) is 0 Å². The molecule has 7 nitrogen and oxygen atoms in total. The Bertz CT molecular complexity index is 541. The van der Waals surface area contributed by atoms with E-state index in [9.17, 15) is 13.2 Å². The van der Waals surface area contributed by atoms with E-state index in [1.165, 1.54) is 0 Å². The minimum absolute atomic E-state index is 0.00388. The number of likely N-dealkylation sites (tertiary alicyclic amines) is 1. The van der Waals surface area contributed by atoms with Crippen LogP contribution in [-0.2, 0) is 21.4 Å². The first-order chi connectivity index (χ1) is 9.46. The van der Waals surface area contributed by atoms with Gasteiger partial charge in [-0.1, -0.05) is 0 Å². The molecule has 1 aromatic rings. The fraction of sp³-hybridized carbons (Fsp3) is 0.667. The molecule has 1 aliphatic heterocycles. The number of nitrogens with one attached hydrogen (secondary N) is 1. The molecule has 0 radical (unpaired) electrons. The van der Waals surface area contributed by atoms with Gasteiger partial charge >= 0.3 is 0 Å². The number of hydrogen-bond acceptors (Lipinski definition) is 4. The van der Waals surface area contributed by atoms with Gasteiger partial charge in [-0.15, -0.1) is 0 Å². The molecule has 0 aliphatic carbocycles. The number of nitrogens with zero attached hydrogens (tertiary/aromatic N) is 3. The van der Waals surface area contributed by atoms with Crippen LogP contribution in [0.25, 0.3) is 0 Å². The van der Waals surface area contributed by atoms with Gasteiger partial charge in [0.05, 0.1) is 18.8 Å². The van der Waals surface area contributed by atoms with Crippen LogP contribution in [0.15, 0.2) is 18.5 Å². The molecule has 1 atom stereocenters. The average molecular weight is 300 g/mol. The molecule has 0 saturated carbocycles. The smallest absolute Gasteiger partial charge is 0.224 e. The third-order valence-electron chi connectivity index (χ3n) is 3.36. The Labute approximate surface area is 119 Å². The maximum Gasteiger partial charge on any atom is 0.224 e. The number of rotatable bonds is 6. The van der Waals surface area contributed by atoms with E-state index >= 15 is 0 Å². The molecule has 1 saturated heterocycles. The van der Waals surface area contributed by atoms with Crippen LogP contribution in [0, 0.1) is 0 Å². The van der Waals surface area contributed by atoms with Crippen molar-refractivity contribution in [3.8, 4) is 0 Å². The summed E-state index contributed by atoms with van der Waals surface area (Å²) in [7, 11) is -3.23. The standard InChI is InChI=1S/C12H20N4O3S/c1-20(18,19)14-7-5-12(17)16-9-2-4-11(16)10-15-8-3-6-13-15/h3,6,8,11,14H,2,4-5,7,9-10H2,1H3/t11-/m0/s1. The highest BCUT2D eigenvalue weighted by Gasteiger charge is 2.28. The summed E-state index contributed by atoms with van der Waals surface area (Å²) in [5.41, 5.74) is 0. The summed E-state index contributed by atoms with van der Waals surface area (Å²) in [6.07, 6.45) is 6.84. The molecule has 112 valence electrons.